The summed E-state index contributed by atoms with van der Waals surface area (Å²) in [4.78, 5) is 26.4. The number of carbonyl (C=O) groups excluding carboxylic acids is 2. The molecule has 1 aromatic rings. The fraction of sp³-hybridized carbons (Fsp3) is 0.571. The summed E-state index contributed by atoms with van der Waals surface area (Å²) in [5, 5.41) is 6.64. The third kappa shape index (κ3) is 3.95. The Morgan fingerprint density at radius 1 is 1.56 bits per heavy atom. The van der Waals surface area contributed by atoms with Crippen LogP contribution in [0.2, 0.25) is 0 Å². The number of fused-ring (bicyclic) bond motifs is 1. The van der Waals surface area contributed by atoms with Crippen molar-refractivity contribution >= 4 is 59.0 Å². The van der Waals surface area contributed by atoms with Gasteiger partial charge < -0.3 is 10.5 Å². The van der Waals surface area contributed by atoms with Crippen LogP contribution in [-0.4, -0.2) is 55.5 Å². The van der Waals surface area contributed by atoms with E-state index in [1.165, 1.54) is 28.0 Å². The summed E-state index contributed by atoms with van der Waals surface area (Å²) >= 11 is 9.45. The lowest BCUT2D eigenvalue weighted by Crippen LogP contribution is -2.68. The average molecular weight is 419 g/mol. The lowest BCUT2D eigenvalue weighted by Gasteiger charge is -2.48. The van der Waals surface area contributed by atoms with E-state index in [2.05, 4.69) is 10.2 Å². The van der Waals surface area contributed by atoms with E-state index in [4.69, 9.17) is 22.7 Å². The van der Waals surface area contributed by atoms with Gasteiger partial charge in [0, 0.05) is 11.5 Å². The minimum Gasteiger partial charge on any atom is -0.455 e. The van der Waals surface area contributed by atoms with E-state index < -0.39 is 17.6 Å². The van der Waals surface area contributed by atoms with Crippen molar-refractivity contribution < 1.29 is 14.3 Å². The molecule has 2 aliphatic heterocycles. The molecule has 1 unspecified atom stereocenters. The van der Waals surface area contributed by atoms with Gasteiger partial charge in [-0.2, -0.15) is 5.10 Å². The van der Waals surface area contributed by atoms with Crippen LogP contribution in [0.15, 0.2) is 15.6 Å². The minimum absolute atomic E-state index is 0.198. The molecule has 0 bridgehead atoms. The molecule has 0 spiro atoms. The standard InChI is InChI=1S/C14H18N4O3S4/c1-14(2,3)21-11(20)8-6(5-24-13-17-16-12(22)25-13)4-23-10-7(15)9(19)18(8)10/h7,10H,4-5,15H2,1-3H3,(H,16,22)/t7?,10-/m0/s1. The average Bonchev–Trinajstić information content (AvgIpc) is 2.95. The van der Waals surface area contributed by atoms with E-state index in [0.29, 0.717) is 21.2 Å². The second kappa shape index (κ2) is 7.03. The van der Waals surface area contributed by atoms with E-state index in [0.717, 1.165) is 9.91 Å². The zero-order valence-corrected chi connectivity index (χ0v) is 17.2. The predicted molar refractivity (Wildman–Crippen MR) is 102 cm³/mol. The Morgan fingerprint density at radius 3 is 2.88 bits per heavy atom. The smallest absolute Gasteiger partial charge is 0.355 e. The number of nitrogens with two attached hydrogens (primary N) is 1. The number of carbonyl (C=O) groups is 2. The highest BCUT2D eigenvalue weighted by molar-refractivity contribution is 8.02. The number of esters is 1. The van der Waals surface area contributed by atoms with Crippen molar-refractivity contribution in [3.8, 4) is 0 Å². The van der Waals surface area contributed by atoms with Crippen LogP contribution >= 0.6 is 47.1 Å². The third-order valence-electron chi connectivity index (χ3n) is 3.47. The maximum absolute atomic E-state index is 12.7. The van der Waals surface area contributed by atoms with Crippen molar-refractivity contribution in [1.82, 2.24) is 15.1 Å². The lowest BCUT2D eigenvalue weighted by molar-refractivity contribution is -0.157. The molecule has 0 aromatic carbocycles. The lowest BCUT2D eigenvalue weighted by atomic mass is 10.0. The summed E-state index contributed by atoms with van der Waals surface area (Å²) in [6, 6.07) is -0.562. The highest BCUT2D eigenvalue weighted by Crippen LogP contribution is 2.41. The first-order valence-electron chi connectivity index (χ1n) is 7.51. The monoisotopic (exact) mass is 418 g/mol. The summed E-state index contributed by atoms with van der Waals surface area (Å²) in [7, 11) is 0. The normalized spacial score (nSPS) is 23.4. The van der Waals surface area contributed by atoms with Crippen LogP contribution < -0.4 is 5.73 Å². The maximum Gasteiger partial charge on any atom is 0.355 e. The minimum atomic E-state index is -0.639. The number of aromatic amines is 1. The van der Waals surface area contributed by atoms with Gasteiger partial charge in [-0.3, -0.25) is 14.8 Å². The molecule has 0 saturated carbocycles. The van der Waals surface area contributed by atoms with Crippen LogP contribution in [0.4, 0.5) is 0 Å². The second-order valence-corrected chi connectivity index (χ2v) is 10.6. The number of nitrogens with one attached hydrogen (secondary N) is 1. The summed E-state index contributed by atoms with van der Waals surface area (Å²) in [6.07, 6.45) is 0. The number of thioether (sulfide) groups is 2. The first-order chi connectivity index (χ1) is 11.7. The maximum atomic E-state index is 12.7. The molecule has 11 heteroatoms. The van der Waals surface area contributed by atoms with Gasteiger partial charge in [0.1, 0.15) is 22.7 Å². The number of nitrogens with zero attached hydrogens (tertiary/aromatic N) is 2. The van der Waals surface area contributed by atoms with E-state index >= 15 is 0 Å². The predicted octanol–water partition coefficient (Wildman–Crippen LogP) is 2.13. The van der Waals surface area contributed by atoms with Crippen molar-refractivity contribution in [2.45, 2.75) is 42.1 Å². The summed E-state index contributed by atoms with van der Waals surface area (Å²) < 4.78 is 6.91. The van der Waals surface area contributed by atoms with Crippen LogP contribution in [0.3, 0.4) is 0 Å². The Kier molecular flexibility index (Phi) is 5.31. The SMILES string of the molecule is CC(C)(C)OC(=O)C1=C(CSc2n[nH]c(=S)s2)CS[C@H]2C(N)C(=O)N12. The Morgan fingerprint density at radius 2 is 2.28 bits per heavy atom. The number of β-lactam (4-membered cyclic amide) rings is 1. The summed E-state index contributed by atoms with van der Waals surface area (Å²) in [6.45, 7) is 5.40. The fourth-order valence-electron chi connectivity index (χ4n) is 2.43. The summed E-state index contributed by atoms with van der Waals surface area (Å²) in [5.41, 5.74) is 6.40. The Labute approximate surface area is 162 Å². The highest BCUT2D eigenvalue weighted by atomic mass is 32.2. The molecular weight excluding hydrogens is 400 g/mol. The Balaban J connectivity index is 1.87. The van der Waals surface area contributed by atoms with Crippen LogP contribution in [0, 0.1) is 3.95 Å². The van der Waals surface area contributed by atoms with Crippen LogP contribution in [0.5, 0.6) is 0 Å². The fourth-order valence-corrected chi connectivity index (χ4v) is 5.95. The first kappa shape index (κ1) is 18.9. The first-order valence-corrected chi connectivity index (χ1v) is 10.8. The largest absolute Gasteiger partial charge is 0.455 e. The van der Waals surface area contributed by atoms with Crippen molar-refractivity contribution in [3.05, 3.63) is 15.2 Å². The quantitative estimate of drug-likeness (QED) is 0.332. The zero-order chi connectivity index (χ0) is 18.4. The molecular formula is C14H18N4O3S4. The molecule has 7 nitrogen and oxygen atoms in total. The molecule has 1 amide bonds. The number of H-pyrrole nitrogens is 1. The van der Waals surface area contributed by atoms with Gasteiger partial charge >= 0.3 is 5.97 Å². The third-order valence-corrected chi connectivity index (χ3v) is 7.15. The molecule has 136 valence electrons. The molecule has 3 N–H and O–H groups in total. The van der Waals surface area contributed by atoms with E-state index in [-0.39, 0.29) is 11.3 Å². The van der Waals surface area contributed by atoms with Gasteiger partial charge in [0.25, 0.3) is 0 Å². The van der Waals surface area contributed by atoms with Crippen LogP contribution in [0.1, 0.15) is 20.8 Å². The van der Waals surface area contributed by atoms with Gasteiger partial charge in [0.15, 0.2) is 8.29 Å². The highest BCUT2D eigenvalue weighted by Gasteiger charge is 2.52. The van der Waals surface area contributed by atoms with Crippen LogP contribution in [0.25, 0.3) is 0 Å². The Hall–Kier alpha value is -0.880. The topological polar surface area (TPSA) is 101 Å². The summed E-state index contributed by atoms with van der Waals surface area (Å²) in [5.74, 6) is 0.433. The molecule has 3 rings (SSSR count). The number of hydrogen-bond donors (Lipinski definition) is 2. The van der Waals surface area contributed by atoms with Crippen molar-refractivity contribution in [1.29, 1.82) is 0 Å². The molecule has 1 saturated heterocycles. The number of ether oxygens (including phenoxy) is 1. The van der Waals surface area contributed by atoms with E-state index in [9.17, 15) is 9.59 Å². The molecule has 0 radical (unpaired) electrons. The Bertz CT molecular complexity index is 794. The second-order valence-electron chi connectivity index (χ2n) is 6.56. The number of hydrogen-bond acceptors (Lipinski definition) is 9. The van der Waals surface area contributed by atoms with Crippen molar-refractivity contribution in [2.75, 3.05) is 11.5 Å². The van der Waals surface area contributed by atoms with Gasteiger partial charge in [-0.1, -0.05) is 23.1 Å². The number of rotatable bonds is 4. The molecule has 1 aromatic heterocycles. The van der Waals surface area contributed by atoms with E-state index in [1.807, 2.05) is 0 Å². The molecule has 2 atom stereocenters. The molecule has 3 heterocycles. The van der Waals surface area contributed by atoms with Gasteiger partial charge in [-0.15, -0.1) is 11.8 Å². The van der Waals surface area contributed by atoms with Crippen molar-refractivity contribution in [2.24, 2.45) is 5.73 Å². The van der Waals surface area contributed by atoms with Gasteiger partial charge in [-0.05, 0) is 38.6 Å². The number of aromatic nitrogens is 2. The molecule has 25 heavy (non-hydrogen) atoms. The van der Waals surface area contributed by atoms with Gasteiger partial charge in [0.2, 0.25) is 5.91 Å². The van der Waals surface area contributed by atoms with Crippen molar-refractivity contribution in [3.63, 3.8) is 0 Å². The van der Waals surface area contributed by atoms with Crippen LogP contribution in [-0.2, 0) is 14.3 Å². The molecule has 0 aliphatic carbocycles. The van der Waals surface area contributed by atoms with Gasteiger partial charge in [-0.25, -0.2) is 4.79 Å². The van der Waals surface area contributed by atoms with E-state index in [1.54, 1.807) is 32.5 Å². The molecule has 1 fully saturated rings. The van der Waals surface area contributed by atoms with Gasteiger partial charge in [0.05, 0.1) is 0 Å². The number of amides is 1. The molecule has 2 aliphatic rings. The zero-order valence-electron chi connectivity index (χ0n) is 13.9.